The number of amides is 1. The summed E-state index contributed by atoms with van der Waals surface area (Å²) in [6.07, 6.45) is 0. The van der Waals surface area contributed by atoms with E-state index in [0.29, 0.717) is 15.7 Å². The first-order valence-electron chi connectivity index (χ1n) is 4.89. The van der Waals surface area contributed by atoms with Gasteiger partial charge in [-0.05, 0) is 31.5 Å². The molecule has 0 radical (unpaired) electrons. The Labute approximate surface area is 105 Å². The molecule has 2 N–H and O–H groups in total. The van der Waals surface area contributed by atoms with Crippen LogP contribution in [-0.2, 0) is 4.79 Å². The van der Waals surface area contributed by atoms with Crippen molar-refractivity contribution in [1.29, 1.82) is 0 Å². The highest BCUT2D eigenvalue weighted by molar-refractivity contribution is 6.35. The number of carbonyl (C=O) groups is 1. The van der Waals surface area contributed by atoms with Crippen LogP contribution >= 0.6 is 23.2 Å². The van der Waals surface area contributed by atoms with Crippen LogP contribution in [0.2, 0.25) is 10.0 Å². The predicted molar refractivity (Wildman–Crippen MR) is 68.4 cm³/mol. The Hall–Kier alpha value is -0.930. The van der Waals surface area contributed by atoms with E-state index in [1.165, 1.54) is 0 Å². The van der Waals surface area contributed by atoms with Gasteiger partial charge in [0.2, 0.25) is 5.91 Å². The van der Waals surface area contributed by atoms with Crippen molar-refractivity contribution >= 4 is 34.8 Å². The van der Waals surface area contributed by atoms with E-state index in [4.69, 9.17) is 23.2 Å². The van der Waals surface area contributed by atoms with Gasteiger partial charge in [0.05, 0.1) is 10.7 Å². The Balaban J connectivity index is 2.89. The fourth-order valence-electron chi connectivity index (χ4n) is 1.27. The lowest BCUT2D eigenvalue weighted by atomic mass is 10.2. The van der Waals surface area contributed by atoms with Gasteiger partial charge in [-0.25, -0.2) is 0 Å². The summed E-state index contributed by atoms with van der Waals surface area (Å²) in [7, 11) is 1.59. The van der Waals surface area contributed by atoms with Gasteiger partial charge in [0, 0.05) is 12.1 Å². The monoisotopic (exact) mass is 260 g/mol. The predicted octanol–water partition coefficient (Wildman–Crippen LogP) is 2.85. The Morgan fingerprint density at radius 3 is 2.50 bits per heavy atom. The molecule has 1 aromatic rings. The maximum Gasteiger partial charge on any atom is 0.241 e. The second kappa shape index (κ2) is 5.41. The number of hydrogen-bond donors (Lipinski definition) is 2. The van der Waals surface area contributed by atoms with Gasteiger partial charge in [-0.1, -0.05) is 23.2 Å². The molecule has 0 bridgehead atoms. The van der Waals surface area contributed by atoms with Crippen molar-refractivity contribution in [3.8, 4) is 0 Å². The van der Waals surface area contributed by atoms with E-state index in [0.717, 1.165) is 5.56 Å². The van der Waals surface area contributed by atoms with Crippen LogP contribution in [0.1, 0.15) is 12.5 Å². The minimum Gasteiger partial charge on any atom is -0.373 e. The molecule has 1 amide bonds. The highest BCUT2D eigenvalue weighted by atomic mass is 35.5. The lowest BCUT2D eigenvalue weighted by Crippen LogP contribution is -2.35. The number of carbonyl (C=O) groups excluding carboxylic acids is 1. The first-order valence-corrected chi connectivity index (χ1v) is 5.65. The van der Waals surface area contributed by atoms with Gasteiger partial charge in [-0.3, -0.25) is 4.79 Å². The highest BCUT2D eigenvalue weighted by Crippen LogP contribution is 2.29. The molecule has 0 aliphatic heterocycles. The molecule has 0 heterocycles. The molecule has 0 fully saturated rings. The van der Waals surface area contributed by atoms with E-state index >= 15 is 0 Å². The summed E-state index contributed by atoms with van der Waals surface area (Å²) in [6, 6.07) is 3.13. The minimum atomic E-state index is -0.360. The molecular formula is C11H14Cl2N2O. The third kappa shape index (κ3) is 3.03. The van der Waals surface area contributed by atoms with Gasteiger partial charge in [-0.2, -0.15) is 0 Å². The van der Waals surface area contributed by atoms with Crippen molar-refractivity contribution in [3.05, 3.63) is 27.7 Å². The van der Waals surface area contributed by atoms with Crippen LogP contribution in [0.3, 0.4) is 0 Å². The molecule has 0 aliphatic rings. The number of halogens is 2. The van der Waals surface area contributed by atoms with Crippen LogP contribution in [0.4, 0.5) is 5.69 Å². The van der Waals surface area contributed by atoms with E-state index in [1.54, 1.807) is 26.1 Å². The fourth-order valence-corrected chi connectivity index (χ4v) is 1.71. The Morgan fingerprint density at radius 1 is 1.31 bits per heavy atom. The molecule has 0 aromatic heterocycles. The van der Waals surface area contributed by atoms with Crippen LogP contribution in [-0.4, -0.2) is 19.0 Å². The second-order valence-electron chi connectivity index (χ2n) is 3.56. The molecule has 0 aliphatic carbocycles. The van der Waals surface area contributed by atoms with Gasteiger partial charge in [0.15, 0.2) is 0 Å². The topological polar surface area (TPSA) is 41.1 Å². The number of anilines is 1. The third-order valence-electron chi connectivity index (χ3n) is 2.26. The number of aryl methyl sites for hydroxylation is 1. The van der Waals surface area contributed by atoms with E-state index in [1.807, 2.05) is 6.92 Å². The van der Waals surface area contributed by atoms with Crippen LogP contribution in [0.15, 0.2) is 12.1 Å². The molecule has 0 saturated carbocycles. The molecule has 1 aromatic carbocycles. The first-order chi connectivity index (χ1) is 7.45. The maximum absolute atomic E-state index is 11.3. The van der Waals surface area contributed by atoms with Gasteiger partial charge in [0.25, 0.3) is 0 Å². The van der Waals surface area contributed by atoms with Crippen molar-refractivity contribution in [2.24, 2.45) is 0 Å². The Morgan fingerprint density at radius 2 is 1.94 bits per heavy atom. The minimum absolute atomic E-state index is 0.104. The van der Waals surface area contributed by atoms with Crippen molar-refractivity contribution in [3.63, 3.8) is 0 Å². The standard InChI is InChI=1S/C11H14Cl2N2O/c1-6-4-9(13)10(5-8(6)12)15-7(2)11(16)14-3/h4-5,7,15H,1-3H3,(H,14,16). The molecular weight excluding hydrogens is 247 g/mol. The van der Waals surface area contributed by atoms with E-state index < -0.39 is 0 Å². The molecule has 1 unspecified atom stereocenters. The average molecular weight is 261 g/mol. The summed E-state index contributed by atoms with van der Waals surface area (Å²) in [5.41, 5.74) is 1.57. The number of rotatable bonds is 3. The van der Waals surface area contributed by atoms with Crippen LogP contribution in [0.5, 0.6) is 0 Å². The summed E-state index contributed by atoms with van der Waals surface area (Å²) >= 11 is 12.0. The summed E-state index contributed by atoms with van der Waals surface area (Å²) in [4.78, 5) is 11.3. The molecule has 1 atom stereocenters. The molecule has 0 spiro atoms. The van der Waals surface area contributed by atoms with Gasteiger partial charge in [-0.15, -0.1) is 0 Å². The zero-order valence-electron chi connectivity index (χ0n) is 9.40. The normalized spacial score (nSPS) is 12.1. The van der Waals surface area contributed by atoms with E-state index in [-0.39, 0.29) is 11.9 Å². The van der Waals surface area contributed by atoms with Gasteiger partial charge >= 0.3 is 0 Å². The Bertz CT molecular complexity index is 407. The maximum atomic E-state index is 11.3. The van der Waals surface area contributed by atoms with Crippen LogP contribution < -0.4 is 10.6 Å². The highest BCUT2D eigenvalue weighted by Gasteiger charge is 2.13. The summed E-state index contributed by atoms with van der Waals surface area (Å²) in [5.74, 6) is -0.104. The van der Waals surface area contributed by atoms with Crippen LogP contribution in [0, 0.1) is 6.92 Å². The van der Waals surface area contributed by atoms with Crippen molar-refractivity contribution in [2.45, 2.75) is 19.9 Å². The molecule has 16 heavy (non-hydrogen) atoms. The lowest BCUT2D eigenvalue weighted by molar-refractivity contribution is -0.121. The van der Waals surface area contributed by atoms with Crippen molar-refractivity contribution < 1.29 is 4.79 Å². The molecule has 88 valence electrons. The zero-order chi connectivity index (χ0) is 12.3. The van der Waals surface area contributed by atoms with Gasteiger partial charge < -0.3 is 10.6 Å². The largest absolute Gasteiger partial charge is 0.373 e. The molecule has 0 saturated heterocycles. The molecule has 1 rings (SSSR count). The van der Waals surface area contributed by atoms with Crippen molar-refractivity contribution in [1.82, 2.24) is 5.32 Å². The summed E-state index contributed by atoms with van der Waals surface area (Å²) in [6.45, 7) is 3.63. The average Bonchev–Trinajstić information content (AvgIpc) is 2.24. The van der Waals surface area contributed by atoms with E-state index in [9.17, 15) is 4.79 Å². The SMILES string of the molecule is CNC(=O)C(C)Nc1cc(Cl)c(C)cc1Cl. The fraction of sp³-hybridized carbons (Fsp3) is 0.364. The number of hydrogen-bond acceptors (Lipinski definition) is 2. The first kappa shape index (κ1) is 13.1. The number of nitrogens with one attached hydrogen (secondary N) is 2. The summed E-state index contributed by atoms with van der Waals surface area (Å²) in [5, 5.41) is 6.73. The van der Waals surface area contributed by atoms with Gasteiger partial charge in [0.1, 0.15) is 6.04 Å². The third-order valence-corrected chi connectivity index (χ3v) is 2.98. The summed E-state index contributed by atoms with van der Waals surface area (Å²) < 4.78 is 0. The quantitative estimate of drug-likeness (QED) is 0.878. The molecule has 3 nitrogen and oxygen atoms in total. The van der Waals surface area contributed by atoms with Crippen LogP contribution in [0.25, 0.3) is 0 Å². The van der Waals surface area contributed by atoms with Crippen molar-refractivity contribution in [2.75, 3.05) is 12.4 Å². The number of benzene rings is 1. The zero-order valence-corrected chi connectivity index (χ0v) is 10.9. The Kier molecular flexibility index (Phi) is 4.44. The lowest BCUT2D eigenvalue weighted by Gasteiger charge is -2.15. The smallest absolute Gasteiger partial charge is 0.241 e. The second-order valence-corrected chi connectivity index (χ2v) is 4.38. The molecule has 5 heteroatoms. The van der Waals surface area contributed by atoms with E-state index in [2.05, 4.69) is 10.6 Å². The number of likely N-dealkylation sites (N-methyl/N-ethyl adjacent to an activating group) is 1.